The number of hydrogen-bond acceptors (Lipinski definition) is 4. The van der Waals surface area contributed by atoms with Crippen LogP contribution >= 0.6 is 0 Å². The molecule has 2 rings (SSSR count). The summed E-state index contributed by atoms with van der Waals surface area (Å²) < 4.78 is 5.59. The number of aromatic nitrogens is 1. The number of nitrogen functional groups attached to an aromatic ring is 1. The number of nitrogens with one attached hydrogen (secondary N) is 1. The van der Waals surface area contributed by atoms with Gasteiger partial charge in [-0.05, 0) is 36.6 Å². The van der Waals surface area contributed by atoms with Crippen molar-refractivity contribution in [1.82, 2.24) is 4.98 Å². The summed E-state index contributed by atoms with van der Waals surface area (Å²) in [6.07, 6.45) is 2.89. The molecule has 0 spiro atoms. The van der Waals surface area contributed by atoms with Gasteiger partial charge in [0.1, 0.15) is 0 Å². The van der Waals surface area contributed by atoms with Gasteiger partial charge in [0, 0.05) is 30.4 Å². The largest absolute Gasteiger partial charge is 0.398 e. The maximum atomic E-state index is 5.96. The molecule has 20 heavy (non-hydrogen) atoms. The molecule has 0 radical (unpaired) electrons. The number of pyridine rings is 1. The highest BCUT2D eigenvalue weighted by molar-refractivity contribution is 5.98. The maximum Gasteiger partial charge on any atom is 0.0953 e. The predicted octanol–water partition coefficient (Wildman–Crippen LogP) is 3.29. The zero-order chi connectivity index (χ0) is 14.4. The van der Waals surface area contributed by atoms with E-state index in [-0.39, 0.29) is 0 Å². The minimum Gasteiger partial charge on any atom is -0.398 e. The molecular weight excluding hydrogens is 250 g/mol. The lowest BCUT2D eigenvalue weighted by Crippen LogP contribution is -2.11. The second kappa shape index (κ2) is 7.10. The fraction of sp³-hybridized carbons (Fsp3) is 0.438. The van der Waals surface area contributed by atoms with Crippen molar-refractivity contribution in [3.05, 3.63) is 30.5 Å². The van der Waals surface area contributed by atoms with E-state index in [2.05, 4.69) is 24.1 Å². The van der Waals surface area contributed by atoms with Crippen LogP contribution in [0.15, 0.2) is 30.5 Å². The van der Waals surface area contributed by atoms with E-state index in [1.807, 2.05) is 24.3 Å². The minimum absolute atomic E-state index is 0.688. The fourth-order valence-electron chi connectivity index (χ4n) is 2.02. The third-order valence-electron chi connectivity index (χ3n) is 3.20. The fourth-order valence-corrected chi connectivity index (χ4v) is 2.02. The van der Waals surface area contributed by atoms with Gasteiger partial charge in [-0.3, -0.25) is 4.98 Å². The van der Waals surface area contributed by atoms with Crippen molar-refractivity contribution in [2.45, 2.75) is 20.3 Å². The van der Waals surface area contributed by atoms with Gasteiger partial charge >= 0.3 is 0 Å². The molecule has 3 N–H and O–H groups in total. The molecule has 0 aliphatic carbocycles. The van der Waals surface area contributed by atoms with E-state index in [9.17, 15) is 0 Å². The van der Waals surface area contributed by atoms with Gasteiger partial charge < -0.3 is 15.8 Å². The van der Waals surface area contributed by atoms with Crippen LogP contribution < -0.4 is 11.1 Å². The number of nitrogens with two attached hydrogens (primary N) is 1. The molecule has 2 aromatic rings. The van der Waals surface area contributed by atoms with Gasteiger partial charge in [0.15, 0.2) is 0 Å². The van der Waals surface area contributed by atoms with Crippen molar-refractivity contribution in [2.24, 2.45) is 5.92 Å². The first-order valence-corrected chi connectivity index (χ1v) is 7.13. The Morgan fingerprint density at radius 3 is 2.90 bits per heavy atom. The Balaban J connectivity index is 1.89. The minimum atomic E-state index is 0.688. The third-order valence-corrected chi connectivity index (χ3v) is 3.20. The van der Waals surface area contributed by atoms with Gasteiger partial charge in [0.05, 0.1) is 17.8 Å². The lowest BCUT2D eigenvalue weighted by Gasteiger charge is -2.11. The van der Waals surface area contributed by atoms with Crippen LogP contribution in [-0.2, 0) is 4.74 Å². The normalized spacial score (nSPS) is 11.2. The smallest absolute Gasteiger partial charge is 0.0953 e. The number of hydrogen-bond donors (Lipinski definition) is 2. The van der Waals surface area contributed by atoms with E-state index in [4.69, 9.17) is 10.5 Å². The number of anilines is 2. The molecule has 4 heteroatoms. The quantitative estimate of drug-likeness (QED) is 0.600. The van der Waals surface area contributed by atoms with Crippen LogP contribution in [0.2, 0.25) is 0 Å². The van der Waals surface area contributed by atoms with E-state index in [1.54, 1.807) is 6.20 Å². The van der Waals surface area contributed by atoms with Crippen LogP contribution in [0.1, 0.15) is 20.3 Å². The lowest BCUT2D eigenvalue weighted by atomic mass is 10.1. The Bertz CT molecular complexity index is 554. The van der Waals surface area contributed by atoms with Crippen LogP contribution in [0, 0.1) is 5.92 Å². The van der Waals surface area contributed by atoms with Gasteiger partial charge in [-0.2, -0.15) is 0 Å². The van der Waals surface area contributed by atoms with E-state index in [0.29, 0.717) is 12.5 Å². The van der Waals surface area contributed by atoms with Crippen LogP contribution in [0.4, 0.5) is 11.4 Å². The number of rotatable bonds is 7. The second-order valence-corrected chi connectivity index (χ2v) is 5.32. The first-order chi connectivity index (χ1) is 9.68. The number of benzene rings is 1. The highest BCUT2D eigenvalue weighted by Gasteiger charge is 2.04. The molecule has 0 saturated heterocycles. The summed E-state index contributed by atoms with van der Waals surface area (Å²) in [6, 6.07) is 7.77. The summed E-state index contributed by atoms with van der Waals surface area (Å²) in [6.45, 7) is 6.70. The Morgan fingerprint density at radius 2 is 2.10 bits per heavy atom. The summed E-state index contributed by atoms with van der Waals surface area (Å²) >= 11 is 0. The zero-order valence-electron chi connectivity index (χ0n) is 12.2. The van der Waals surface area contributed by atoms with Gasteiger partial charge in [-0.25, -0.2) is 0 Å². The zero-order valence-corrected chi connectivity index (χ0v) is 12.2. The number of fused-ring (bicyclic) bond motifs is 1. The molecule has 0 bridgehead atoms. The first-order valence-electron chi connectivity index (χ1n) is 7.13. The Hall–Kier alpha value is -1.81. The van der Waals surface area contributed by atoms with E-state index >= 15 is 0 Å². The van der Waals surface area contributed by atoms with Crippen molar-refractivity contribution in [3.63, 3.8) is 0 Å². The molecule has 0 aliphatic heterocycles. The maximum absolute atomic E-state index is 5.96. The van der Waals surface area contributed by atoms with E-state index < -0.39 is 0 Å². The third kappa shape index (κ3) is 3.84. The molecule has 0 fully saturated rings. The highest BCUT2D eigenvalue weighted by atomic mass is 16.5. The summed E-state index contributed by atoms with van der Waals surface area (Å²) in [5.74, 6) is 0.688. The highest BCUT2D eigenvalue weighted by Crippen LogP contribution is 2.25. The predicted molar refractivity (Wildman–Crippen MR) is 84.9 cm³/mol. The van der Waals surface area contributed by atoms with Crippen molar-refractivity contribution in [1.29, 1.82) is 0 Å². The van der Waals surface area contributed by atoms with Crippen LogP contribution in [0.3, 0.4) is 0 Å². The van der Waals surface area contributed by atoms with E-state index in [0.717, 1.165) is 41.9 Å². The van der Waals surface area contributed by atoms with Crippen LogP contribution in [-0.4, -0.2) is 24.7 Å². The average Bonchev–Trinajstić information content (AvgIpc) is 2.45. The Kier molecular flexibility index (Phi) is 5.18. The molecule has 1 heterocycles. The molecule has 4 nitrogen and oxygen atoms in total. The molecular formula is C16H23N3O. The molecule has 1 aromatic carbocycles. The first kappa shape index (κ1) is 14.6. The van der Waals surface area contributed by atoms with Crippen molar-refractivity contribution in [2.75, 3.05) is 30.8 Å². The standard InChI is InChI=1S/C16H23N3O/c1-12(2)7-10-20-11-9-18-15-6-5-14(17)13-4-3-8-19-16(13)15/h3-6,8,12,18H,7,9-11,17H2,1-2H3. The molecule has 0 atom stereocenters. The molecule has 0 saturated carbocycles. The number of ether oxygens (including phenoxy) is 1. The molecule has 0 aliphatic rings. The lowest BCUT2D eigenvalue weighted by molar-refractivity contribution is 0.133. The number of nitrogens with zero attached hydrogens (tertiary/aromatic N) is 1. The van der Waals surface area contributed by atoms with Gasteiger partial charge in [-0.1, -0.05) is 13.8 Å². The van der Waals surface area contributed by atoms with Crippen LogP contribution in [0.25, 0.3) is 10.9 Å². The molecule has 0 unspecified atom stereocenters. The van der Waals surface area contributed by atoms with Crippen molar-refractivity contribution >= 4 is 22.3 Å². The topological polar surface area (TPSA) is 60.2 Å². The molecule has 0 amide bonds. The van der Waals surface area contributed by atoms with Crippen LogP contribution in [0.5, 0.6) is 0 Å². The van der Waals surface area contributed by atoms with Crippen molar-refractivity contribution in [3.8, 4) is 0 Å². The monoisotopic (exact) mass is 273 g/mol. The Morgan fingerprint density at radius 1 is 1.25 bits per heavy atom. The second-order valence-electron chi connectivity index (χ2n) is 5.32. The van der Waals surface area contributed by atoms with Crippen molar-refractivity contribution < 1.29 is 4.74 Å². The average molecular weight is 273 g/mol. The van der Waals surface area contributed by atoms with Gasteiger partial charge in [0.2, 0.25) is 0 Å². The SMILES string of the molecule is CC(C)CCOCCNc1ccc(N)c2cccnc12. The van der Waals surface area contributed by atoms with Gasteiger partial charge in [-0.15, -0.1) is 0 Å². The summed E-state index contributed by atoms with van der Waals surface area (Å²) in [5.41, 5.74) is 8.63. The molecule has 108 valence electrons. The van der Waals surface area contributed by atoms with Gasteiger partial charge in [0.25, 0.3) is 0 Å². The summed E-state index contributed by atoms with van der Waals surface area (Å²) in [4.78, 5) is 4.40. The summed E-state index contributed by atoms with van der Waals surface area (Å²) in [5, 5.41) is 4.34. The molecule has 1 aromatic heterocycles. The Labute approximate surface area is 120 Å². The van der Waals surface area contributed by atoms with E-state index in [1.165, 1.54) is 0 Å². The summed E-state index contributed by atoms with van der Waals surface area (Å²) in [7, 11) is 0.